The third-order valence-corrected chi connectivity index (χ3v) is 11.0. The van der Waals surface area contributed by atoms with Crippen molar-refractivity contribution in [3.63, 3.8) is 0 Å². The largest absolute Gasteiger partial charge is 0.465 e. The minimum absolute atomic E-state index is 0.0414. The lowest BCUT2D eigenvalue weighted by Crippen LogP contribution is -2.66. The molecule has 1 amide bonds. The van der Waals surface area contributed by atoms with Crippen LogP contribution in [0.15, 0.2) is 18.5 Å². The Morgan fingerprint density at radius 3 is 2.33 bits per heavy atom. The van der Waals surface area contributed by atoms with Crippen molar-refractivity contribution in [2.75, 3.05) is 23.7 Å². The first-order valence-electron chi connectivity index (χ1n) is 10.7. The average molecular weight is 437 g/mol. The first kappa shape index (κ1) is 24.5. The summed E-state index contributed by atoms with van der Waals surface area (Å²) < 4.78 is 6.87. The van der Waals surface area contributed by atoms with E-state index in [1.807, 2.05) is 26.8 Å². The number of hydrogen-bond donors (Lipinski definition) is 2. The fraction of sp³-hybridized carbons (Fsp3) is 0.727. The molecule has 0 saturated carbocycles. The smallest absolute Gasteiger partial charge is 0.408 e. The topological polar surface area (TPSA) is 91.9 Å². The van der Waals surface area contributed by atoms with Gasteiger partial charge in [0.2, 0.25) is 0 Å². The summed E-state index contributed by atoms with van der Waals surface area (Å²) in [7, 11) is -2.10. The standard InChI is InChI=1S/C22H40N4O3Si/c1-15-13-25(17-10-11-24-12-16(17)23)14-18(26(20(27)28)21(2,3)4)19(15)29-30(8,9)22(5,6)7/h10-12,15,18-19H,13-14,23H2,1-9H3,(H,27,28)/t15-,18+,19+/m0/s1. The normalized spacial score (nSPS) is 23.4. The number of carboxylic acid groups (broad SMARTS) is 1. The number of nitrogens with two attached hydrogens (primary N) is 1. The van der Waals surface area contributed by atoms with Crippen LogP contribution in [-0.4, -0.2) is 60.2 Å². The van der Waals surface area contributed by atoms with Crippen molar-refractivity contribution < 1.29 is 14.3 Å². The molecule has 0 unspecified atom stereocenters. The van der Waals surface area contributed by atoms with E-state index in [2.05, 4.69) is 50.7 Å². The third kappa shape index (κ3) is 5.08. The Kier molecular flexibility index (Phi) is 6.83. The molecule has 0 spiro atoms. The van der Waals surface area contributed by atoms with Gasteiger partial charge in [-0.25, -0.2) is 4.79 Å². The van der Waals surface area contributed by atoms with E-state index in [1.165, 1.54) is 0 Å². The molecular formula is C22H40N4O3Si. The monoisotopic (exact) mass is 436 g/mol. The van der Waals surface area contributed by atoms with Crippen molar-refractivity contribution in [1.82, 2.24) is 9.88 Å². The van der Waals surface area contributed by atoms with Crippen molar-refractivity contribution in [3.05, 3.63) is 18.5 Å². The molecule has 8 heteroatoms. The van der Waals surface area contributed by atoms with Crippen molar-refractivity contribution in [1.29, 1.82) is 0 Å². The summed E-state index contributed by atoms with van der Waals surface area (Å²) in [5.41, 5.74) is 7.14. The second kappa shape index (κ2) is 8.38. The van der Waals surface area contributed by atoms with Gasteiger partial charge in [0, 0.05) is 30.7 Å². The molecule has 1 fully saturated rings. The molecule has 30 heavy (non-hydrogen) atoms. The summed E-state index contributed by atoms with van der Waals surface area (Å²) in [5, 5.41) is 10.2. The Balaban J connectivity index is 2.50. The molecule has 0 aliphatic carbocycles. The van der Waals surface area contributed by atoms with E-state index in [1.54, 1.807) is 17.3 Å². The van der Waals surface area contributed by atoms with Gasteiger partial charge in [-0.2, -0.15) is 0 Å². The van der Waals surface area contributed by atoms with E-state index in [0.29, 0.717) is 12.2 Å². The number of nitrogen functional groups attached to an aromatic ring is 1. The van der Waals surface area contributed by atoms with Crippen LogP contribution in [0.25, 0.3) is 0 Å². The third-order valence-electron chi connectivity index (χ3n) is 6.52. The Morgan fingerprint density at radius 1 is 1.27 bits per heavy atom. The van der Waals surface area contributed by atoms with Crippen molar-refractivity contribution >= 4 is 25.8 Å². The minimum Gasteiger partial charge on any atom is -0.465 e. The number of anilines is 2. The first-order valence-corrected chi connectivity index (χ1v) is 13.6. The summed E-state index contributed by atoms with van der Waals surface area (Å²) in [6.45, 7) is 20.3. The molecule has 3 atom stereocenters. The second-order valence-corrected chi connectivity index (χ2v) is 15.8. The summed E-state index contributed by atoms with van der Waals surface area (Å²) in [5.74, 6) is 0.134. The summed E-state index contributed by atoms with van der Waals surface area (Å²) in [6, 6.07) is 1.59. The second-order valence-electron chi connectivity index (χ2n) is 11.1. The molecule has 1 aliphatic rings. The van der Waals surface area contributed by atoms with Crippen LogP contribution >= 0.6 is 0 Å². The molecule has 170 valence electrons. The van der Waals surface area contributed by atoms with Crippen LogP contribution in [0, 0.1) is 5.92 Å². The number of piperidine rings is 1. The highest BCUT2D eigenvalue weighted by Gasteiger charge is 2.48. The van der Waals surface area contributed by atoms with Gasteiger partial charge in [0.25, 0.3) is 0 Å². The molecule has 1 aliphatic heterocycles. The number of aromatic nitrogens is 1. The molecule has 1 aromatic heterocycles. The highest BCUT2D eigenvalue weighted by atomic mass is 28.4. The molecule has 2 heterocycles. The predicted molar refractivity (Wildman–Crippen MR) is 126 cm³/mol. The molecule has 1 aromatic rings. The van der Waals surface area contributed by atoms with Gasteiger partial charge in [0.05, 0.1) is 29.7 Å². The SMILES string of the molecule is C[C@H]1CN(c2ccncc2N)C[C@@H](N(C(=O)O)C(C)(C)C)[C@@H]1O[Si](C)(C)C(C)(C)C. The zero-order valence-electron chi connectivity index (χ0n) is 20.1. The molecule has 0 radical (unpaired) electrons. The van der Waals surface area contributed by atoms with Crippen molar-refractivity contribution in [3.8, 4) is 0 Å². The zero-order valence-corrected chi connectivity index (χ0v) is 21.1. The van der Waals surface area contributed by atoms with Crippen LogP contribution in [0.1, 0.15) is 48.5 Å². The van der Waals surface area contributed by atoms with Crippen LogP contribution in [-0.2, 0) is 4.43 Å². The Morgan fingerprint density at radius 2 is 1.87 bits per heavy atom. The summed E-state index contributed by atoms with van der Waals surface area (Å²) in [6.07, 6.45) is 2.27. The van der Waals surface area contributed by atoms with Gasteiger partial charge in [0.1, 0.15) is 0 Å². The number of hydrogen-bond acceptors (Lipinski definition) is 5. The fourth-order valence-corrected chi connectivity index (χ4v) is 5.41. The van der Waals surface area contributed by atoms with Gasteiger partial charge in [-0.15, -0.1) is 0 Å². The van der Waals surface area contributed by atoms with Crippen LogP contribution in [0.4, 0.5) is 16.2 Å². The summed E-state index contributed by atoms with van der Waals surface area (Å²) in [4.78, 5) is 20.2. The average Bonchev–Trinajstić information content (AvgIpc) is 2.55. The molecule has 0 bridgehead atoms. The maximum Gasteiger partial charge on any atom is 0.408 e. The van der Waals surface area contributed by atoms with E-state index in [9.17, 15) is 9.90 Å². The van der Waals surface area contributed by atoms with E-state index < -0.39 is 19.9 Å². The zero-order chi connectivity index (χ0) is 23.1. The van der Waals surface area contributed by atoms with Crippen LogP contribution in [0.2, 0.25) is 18.1 Å². The number of rotatable bonds is 4. The maximum atomic E-state index is 12.4. The molecule has 2 rings (SSSR count). The Labute approximate surface area is 182 Å². The van der Waals surface area contributed by atoms with Crippen LogP contribution in [0.5, 0.6) is 0 Å². The van der Waals surface area contributed by atoms with Gasteiger partial charge in [-0.3, -0.25) is 9.88 Å². The molecule has 0 aromatic carbocycles. The van der Waals surface area contributed by atoms with Crippen LogP contribution in [0.3, 0.4) is 0 Å². The van der Waals surface area contributed by atoms with E-state index >= 15 is 0 Å². The Hall–Kier alpha value is -1.80. The number of carbonyl (C=O) groups is 1. The van der Waals surface area contributed by atoms with Gasteiger partial charge in [-0.05, 0) is 45.0 Å². The number of nitrogens with zero attached hydrogens (tertiary/aromatic N) is 3. The molecule has 3 N–H and O–H groups in total. The lowest BCUT2D eigenvalue weighted by Gasteiger charge is -2.53. The first-order chi connectivity index (χ1) is 13.6. The Bertz CT molecular complexity index is 757. The van der Waals surface area contributed by atoms with Gasteiger partial charge >= 0.3 is 6.09 Å². The van der Waals surface area contributed by atoms with E-state index in [4.69, 9.17) is 10.2 Å². The molecule has 7 nitrogen and oxygen atoms in total. The fourth-order valence-electron chi connectivity index (χ4n) is 3.99. The highest BCUT2D eigenvalue weighted by Crippen LogP contribution is 2.41. The van der Waals surface area contributed by atoms with Gasteiger partial charge in [-0.1, -0.05) is 27.7 Å². The quantitative estimate of drug-likeness (QED) is 0.667. The van der Waals surface area contributed by atoms with E-state index in [0.717, 1.165) is 12.2 Å². The highest BCUT2D eigenvalue weighted by molar-refractivity contribution is 6.74. The number of pyridine rings is 1. The van der Waals surface area contributed by atoms with Crippen molar-refractivity contribution in [2.45, 2.75) is 84.3 Å². The molecule has 1 saturated heterocycles. The molecular weight excluding hydrogens is 396 g/mol. The van der Waals surface area contributed by atoms with Crippen molar-refractivity contribution in [2.24, 2.45) is 5.92 Å². The van der Waals surface area contributed by atoms with Gasteiger partial charge in [0.15, 0.2) is 8.32 Å². The minimum atomic E-state index is -2.10. The summed E-state index contributed by atoms with van der Waals surface area (Å²) >= 11 is 0. The number of amides is 1. The predicted octanol–water partition coefficient (Wildman–Crippen LogP) is 4.66. The van der Waals surface area contributed by atoms with E-state index in [-0.39, 0.29) is 23.1 Å². The van der Waals surface area contributed by atoms with Crippen LogP contribution < -0.4 is 10.6 Å². The lowest BCUT2D eigenvalue weighted by atomic mass is 9.88. The lowest BCUT2D eigenvalue weighted by molar-refractivity contribution is -0.0152. The maximum absolute atomic E-state index is 12.4. The van der Waals surface area contributed by atoms with Gasteiger partial charge < -0.3 is 20.2 Å².